The number of benzene rings is 2. The molecule has 0 unspecified atom stereocenters. The molecular formula is C23H24ClN3O4S. The van der Waals surface area contributed by atoms with Gasteiger partial charge in [-0.25, -0.2) is 4.98 Å². The normalized spacial score (nSPS) is 12.8. The molecule has 32 heavy (non-hydrogen) atoms. The molecular weight excluding hydrogens is 450 g/mol. The minimum Gasteiger partial charge on any atom is -0.494 e. The highest BCUT2D eigenvalue weighted by Crippen LogP contribution is 2.39. The van der Waals surface area contributed by atoms with Gasteiger partial charge < -0.3 is 19.1 Å². The summed E-state index contributed by atoms with van der Waals surface area (Å²) in [5.41, 5.74) is 1.51. The monoisotopic (exact) mass is 473 g/mol. The van der Waals surface area contributed by atoms with E-state index in [1.54, 1.807) is 36.3 Å². The number of nitrogens with zero attached hydrogens (tertiary/aromatic N) is 3. The van der Waals surface area contributed by atoms with Crippen molar-refractivity contribution in [2.24, 2.45) is 0 Å². The number of amides is 1. The van der Waals surface area contributed by atoms with Gasteiger partial charge in [-0.2, -0.15) is 0 Å². The van der Waals surface area contributed by atoms with Gasteiger partial charge >= 0.3 is 0 Å². The van der Waals surface area contributed by atoms with E-state index in [0.29, 0.717) is 39.5 Å². The summed E-state index contributed by atoms with van der Waals surface area (Å²) in [6.07, 6.45) is 4.12. The van der Waals surface area contributed by atoms with E-state index in [-0.39, 0.29) is 12.7 Å². The fourth-order valence-corrected chi connectivity index (χ4v) is 4.63. The van der Waals surface area contributed by atoms with Crippen molar-refractivity contribution >= 4 is 50.3 Å². The largest absolute Gasteiger partial charge is 0.494 e. The van der Waals surface area contributed by atoms with E-state index in [9.17, 15) is 4.79 Å². The Labute approximate surface area is 195 Å². The summed E-state index contributed by atoms with van der Waals surface area (Å²) in [5.74, 6) is 1.86. The van der Waals surface area contributed by atoms with Crippen LogP contribution in [-0.4, -0.2) is 56.9 Å². The predicted octanol–water partition coefficient (Wildman–Crippen LogP) is 4.69. The highest BCUT2D eigenvalue weighted by molar-refractivity contribution is 7.23. The first-order valence-corrected chi connectivity index (χ1v) is 11.3. The molecule has 9 heteroatoms. The van der Waals surface area contributed by atoms with Crippen LogP contribution in [0.4, 0.5) is 5.13 Å². The maximum atomic E-state index is 13.2. The van der Waals surface area contributed by atoms with Gasteiger partial charge in [-0.3, -0.25) is 9.69 Å². The summed E-state index contributed by atoms with van der Waals surface area (Å²) in [7, 11) is 5.61. The van der Waals surface area contributed by atoms with Gasteiger partial charge in [0, 0.05) is 12.6 Å². The van der Waals surface area contributed by atoms with Gasteiger partial charge in [-0.1, -0.05) is 29.0 Å². The van der Waals surface area contributed by atoms with Crippen LogP contribution < -0.4 is 19.1 Å². The van der Waals surface area contributed by atoms with Crippen LogP contribution in [0.1, 0.15) is 12.0 Å². The molecule has 7 nitrogen and oxygen atoms in total. The minimum atomic E-state index is -0.157. The Bertz CT molecular complexity index is 1160. The van der Waals surface area contributed by atoms with Crippen molar-refractivity contribution in [2.45, 2.75) is 6.42 Å². The second kappa shape index (κ2) is 9.77. The third-order valence-electron chi connectivity index (χ3n) is 4.97. The Balaban J connectivity index is 1.62. The van der Waals surface area contributed by atoms with Crippen LogP contribution in [0.3, 0.4) is 0 Å². The van der Waals surface area contributed by atoms with E-state index in [1.807, 2.05) is 32.3 Å². The maximum absolute atomic E-state index is 13.2. The van der Waals surface area contributed by atoms with Crippen molar-refractivity contribution in [2.75, 3.05) is 46.0 Å². The molecule has 1 aliphatic rings. The molecule has 0 N–H and O–H groups in total. The molecule has 168 valence electrons. The van der Waals surface area contributed by atoms with Crippen molar-refractivity contribution < 1.29 is 19.0 Å². The summed E-state index contributed by atoms with van der Waals surface area (Å²) in [6, 6.07) is 9.14. The Kier molecular flexibility index (Phi) is 6.83. The molecule has 0 atom stereocenters. The molecule has 1 aliphatic heterocycles. The van der Waals surface area contributed by atoms with Gasteiger partial charge in [0.05, 0.1) is 16.8 Å². The van der Waals surface area contributed by atoms with E-state index in [1.165, 1.54) is 11.3 Å². The first-order chi connectivity index (χ1) is 15.5. The van der Waals surface area contributed by atoms with Crippen LogP contribution in [0.5, 0.6) is 17.2 Å². The number of ether oxygens (including phenoxy) is 3. The van der Waals surface area contributed by atoms with Gasteiger partial charge in [0.15, 0.2) is 16.6 Å². The molecule has 1 aromatic heterocycles. The number of halogens is 1. The first kappa shape index (κ1) is 22.4. The lowest BCUT2D eigenvalue weighted by molar-refractivity contribution is -0.114. The summed E-state index contributed by atoms with van der Waals surface area (Å²) in [6.45, 7) is 1.59. The SMILES string of the molecule is COc1ccc(Cl)c2sc(N(CCCN(C)C)C(=O)C=Cc3ccc4c(c3)OCO4)nc12. The lowest BCUT2D eigenvalue weighted by Crippen LogP contribution is -2.32. The number of carbonyl (C=O) groups is 1. The number of anilines is 1. The molecule has 0 saturated carbocycles. The fourth-order valence-electron chi connectivity index (χ4n) is 3.34. The van der Waals surface area contributed by atoms with E-state index < -0.39 is 0 Å². The zero-order chi connectivity index (χ0) is 22.7. The maximum Gasteiger partial charge on any atom is 0.252 e. The highest BCUT2D eigenvalue weighted by atomic mass is 35.5. The molecule has 2 aromatic carbocycles. The zero-order valence-corrected chi connectivity index (χ0v) is 19.7. The summed E-state index contributed by atoms with van der Waals surface area (Å²) >= 11 is 7.77. The van der Waals surface area contributed by atoms with Crippen LogP contribution in [-0.2, 0) is 4.79 Å². The number of rotatable bonds is 8. The third-order valence-corrected chi connectivity index (χ3v) is 6.50. The molecule has 0 aliphatic carbocycles. The molecule has 0 radical (unpaired) electrons. The number of hydrogen-bond donors (Lipinski definition) is 0. The summed E-state index contributed by atoms with van der Waals surface area (Å²) < 4.78 is 17.0. The summed E-state index contributed by atoms with van der Waals surface area (Å²) in [4.78, 5) is 21.7. The molecule has 2 heterocycles. The molecule has 4 rings (SSSR count). The number of methoxy groups -OCH3 is 1. The van der Waals surface area contributed by atoms with Crippen molar-refractivity contribution in [3.05, 3.63) is 47.0 Å². The van der Waals surface area contributed by atoms with Crippen LogP contribution in [0, 0.1) is 0 Å². The van der Waals surface area contributed by atoms with Crippen LogP contribution >= 0.6 is 22.9 Å². The average molecular weight is 474 g/mol. The number of fused-ring (bicyclic) bond motifs is 2. The molecule has 0 bridgehead atoms. The van der Waals surface area contributed by atoms with E-state index in [0.717, 1.165) is 23.2 Å². The second-order valence-electron chi connectivity index (χ2n) is 7.52. The Morgan fingerprint density at radius 3 is 2.81 bits per heavy atom. The quantitative estimate of drug-likeness (QED) is 0.442. The van der Waals surface area contributed by atoms with Crippen LogP contribution in [0.2, 0.25) is 5.02 Å². The average Bonchev–Trinajstić information content (AvgIpc) is 3.42. The number of hydrogen-bond acceptors (Lipinski definition) is 7. The van der Waals surface area contributed by atoms with Gasteiger partial charge in [-0.05, 0) is 63.0 Å². The number of aromatic nitrogens is 1. The highest BCUT2D eigenvalue weighted by Gasteiger charge is 2.21. The Hall–Kier alpha value is -2.81. The molecule has 0 spiro atoms. The van der Waals surface area contributed by atoms with E-state index in [4.69, 9.17) is 30.8 Å². The first-order valence-electron chi connectivity index (χ1n) is 10.1. The zero-order valence-electron chi connectivity index (χ0n) is 18.1. The van der Waals surface area contributed by atoms with E-state index >= 15 is 0 Å². The minimum absolute atomic E-state index is 0.157. The van der Waals surface area contributed by atoms with Crippen LogP contribution in [0.15, 0.2) is 36.4 Å². The van der Waals surface area contributed by atoms with Gasteiger partial charge in [0.1, 0.15) is 11.3 Å². The molecule has 3 aromatic rings. The molecule has 0 fully saturated rings. The Morgan fingerprint density at radius 2 is 2.03 bits per heavy atom. The number of thiazole rings is 1. The summed E-state index contributed by atoms with van der Waals surface area (Å²) in [5, 5.41) is 1.17. The predicted molar refractivity (Wildman–Crippen MR) is 128 cm³/mol. The second-order valence-corrected chi connectivity index (χ2v) is 8.90. The van der Waals surface area contributed by atoms with Crippen molar-refractivity contribution in [3.8, 4) is 17.2 Å². The van der Waals surface area contributed by atoms with Gasteiger partial charge in [-0.15, -0.1) is 0 Å². The van der Waals surface area contributed by atoms with Crippen LogP contribution in [0.25, 0.3) is 16.3 Å². The van der Waals surface area contributed by atoms with Crippen molar-refractivity contribution in [1.82, 2.24) is 9.88 Å². The molecule has 0 saturated heterocycles. The number of carbonyl (C=O) groups excluding carboxylic acids is 1. The lowest BCUT2D eigenvalue weighted by atomic mass is 10.2. The van der Waals surface area contributed by atoms with Gasteiger partial charge in [0.2, 0.25) is 6.79 Å². The lowest BCUT2D eigenvalue weighted by Gasteiger charge is -2.19. The standard InChI is InChI=1S/C23H24ClN3O4S/c1-26(2)11-4-12-27(23-25-21-18(29-3)9-7-16(24)22(21)32-23)20(28)10-6-15-5-8-17-19(13-15)31-14-30-17/h5-10,13H,4,11-12,14H2,1-3H3. The third kappa shape index (κ3) is 4.82. The van der Waals surface area contributed by atoms with Crippen molar-refractivity contribution in [1.29, 1.82) is 0 Å². The van der Waals surface area contributed by atoms with Gasteiger partial charge in [0.25, 0.3) is 5.91 Å². The fraction of sp³-hybridized carbons (Fsp3) is 0.304. The van der Waals surface area contributed by atoms with E-state index in [2.05, 4.69) is 4.90 Å². The Morgan fingerprint density at radius 1 is 1.22 bits per heavy atom. The molecule has 1 amide bonds. The van der Waals surface area contributed by atoms with Crippen molar-refractivity contribution in [3.63, 3.8) is 0 Å². The smallest absolute Gasteiger partial charge is 0.252 e. The topological polar surface area (TPSA) is 64.1 Å².